The molecule has 3 nitrogen and oxygen atoms in total. The monoisotopic (exact) mass is 206 g/mol. The number of rotatable bonds is 0. The number of hydrogen-bond acceptors (Lipinski definition) is 2. The molecule has 72 valence electrons. The number of aliphatic hydroxyl groups excluding tert-OH is 1. The molecule has 0 aromatic carbocycles. The Hall–Kier alpha value is -3.37. The minimum atomic E-state index is -1.25. The maximum Gasteiger partial charge on any atom is 0.382 e. The molecule has 0 bridgehead atoms. The van der Waals surface area contributed by atoms with E-state index < -0.39 is 5.97 Å². The first kappa shape index (κ1) is 12.6. The van der Waals surface area contributed by atoms with Gasteiger partial charge in [-0.05, 0) is 29.6 Å². The molecule has 0 amide bonds. The summed E-state index contributed by atoms with van der Waals surface area (Å²) in [6.07, 6.45) is 1.59. The summed E-state index contributed by atoms with van der Waals surface area (Å²) < 4.78 is 0. The van der Waals surface area contributed by atoms with Gasteiger partial charge in [0.25, 0.3) is 0 Å². The van der Waals surface area contributed by atoms with Crippen LogP contribution in [0, 0.1) is 71.2 Å². The third-order valence-electron chi connectivity index (χ3n) is 0.788. The number of hydrogen-bond donors (Lipinski definition) is 2. The molecule has 0 fully saturated rings. The molecule has 0 rings (SSSR count). The van der Waals surface area contributed by atoms with E-state index in [1.54, 1.807) is 12.0 Å². The zero-order valence-corrected chi connectivity index (χ0v) is 7.80. The van der Waals surface area contributed by atoms with Crippen molar-refractivity contribution in [2.75, 3.05) is 0 Å². The Bertz CT molecular complexity index is 630. The second-order valence-corrected chi connectivity index (χ2v) is 1.79. The Morgan fingerprint density at radius 3 is 1.44 bits per heavy atom. The quantitative estimate of drug-likeness (QED) is 0.521. The molecule has 3 heteroatoms. The topological polar surface area (TPSA) is 57.5 Å². The van der Waals surface area contributed by atoms with Gasteiger partial charge in [-0.25, -0.2) is 4.79 Å². The van der Waals surface area contributed by atoms with E-state index in [0.29, 0.717) is 0 Å². The molecule has 0 aromatic rings. The van der Waals surface area contributed by atoms with E-state index in [2.05, 4.69) is 59.2 Å². The zero-order valence-electron chi connectivity index (χ0n) is 7.80. The minimum Gasteiger partial charge on any atom is -0.472 e. The Kier molecular flexibility index (Phi) is 7.67. The molecule has 0 heterocycles. The number of aliphatic hydroxyl groups is 1. The van der Waals surface area contributed by atoms with Crippen molar-refractivity contribution in [1.29, 1.82) is 0 Å². The van der Waals surface area contributed by atoms with Crippen molar-refractivity contribution in [1.82, 2.24) is 0 Å². The predicted molar refractivity (Wildman–Crippen MR) is 56.2 cm³/mol. The molecule has 0 atom stereocenters. The van der Waals surface area contributed by atoms with Gasteiger partial charge < -0.3 is 10.2 Å². The summed E-state index contributed by atoms with van der Waals surface area (Å²) in [6.45, 7) is 0. The van der Waals surface area contributed by atoms with Gasteiger partial charge in [-0.3, -0.25) is 0 Å². The van der Waals surface area contributed by atoms with Crippen molar-refractivity contribution in [3.63, 3.8) is 0 Å². The standard InChI is InChI=1S/C13H2O3/c14-12-10-8-6-4-2-1-3-5-7-9-11-13(15)16/h14H,(H,15,16). The molecule has 0 spiro atoms. The molecule has 0 aromatic heterocycles. The lowest BCUT2D eigenvalue weighted by Gasteiger charge is -1.63. The molecule has 0 aliphatic carbocycles. The van der Waals surface area contributed by atoms with Gasteiger partial charge in [-0.15, -0.1) is 0 Å². The highest BCUT2D eigenvalue weighted by atomic mass is 16.4. The van der Waals surface area contributed by atoms with Crippen molar-refractivity contribution >= 4 is 5.97 Å². The van der Waals surface area contributed by atoms with Crippen LogP contribution in [0.2, 0.25) is 0 Å². The average Bonchev–Trinajstić information content (AvgIpc) is 2.25. The maximum absolute atomic E-state index is 9.92. The second kappa shape index (κ2) is 9.72. The molecule has 0 saturated carbocycles. The maximum atomic E-state index is 9.92. The molecule has 0 radical (unpaired) electrons. The first-order valence-corrected chi connectivity index (χ1v) is 3.65. The molecule has 0 saturated heterocycles. The summed E-state index contributed by atoms with van der Waals surface area (Å²) in [7, 11) is 0. The average molecular weight is 206 g/mol. The van der Waals surface area contributed by atoms with Crippen LogP contribution in [0.1, 0.15) is 0 Å². The smallest absolute Gasteiger partial charge is 0.382 e. The van der Waals surface area contributed by atoms with Crippen LogP contribution in [0.15, 0.2) is 0 Å². The van der Waals surface area contributed by atoms with Crippen LogP contribution < -0.4 is 0 Å². The van der Waals surface area contributed by atoms with Gasteiger partial charge in [-0.2, -0.15) is 0 Å². The molecule has 2 N–H and O–H groups in total. The Labute approximate surface area is 92.9 Å². The van der Waals surface area contributed by atoms with Gasteiger partial charge in [0.15, 0.2) is 0 Å². The molecule has 16 heavy (non-hydrogen) atoms. The van der Waals surface area contributed by atoms with Crippen LogP contribution in [0.4, 0.5) is 0 Å². The minimum absolute atomic E-state index is 1.25. The largest absolute Gasteiger partial charge is 0.472 e. The molecular weight excluding hydrogens is 204 g/mol. The van der Waals surface area contributed by atoms with E-state index in [-0.39, 0.29) is 0 Å². The zero-order chi connectivity index (χ0) is 12.1. The molecular formula is C13H2O3. The number of carboxylic acid groups (broad SMARTS) is 1. The lowest BCUT2D eigenvalue weighted by Crippen LogP contribution is -1.85. The fraction of sp³-hybridized carbons (Fsp3) is 0. The Morgan fingerprint density at radius 2 is 1.06 bits per heavy atom. The highest BCUT2D eigenvalue weighted by Crippen LogP contribution is 1.58. The summed E-state index contributed by atoms with van der Waals surface area (Å²) in [5.41, 5.74) is 0. The number of aliphatic carboxylic acids is 1. The summed E-state index contributed by atoms with van der Waals surface area (Å²) in [6, 6.07) is 0. The van der Waals surface area contributed by atoms with Gasteiger partial charge in [0.05, 0.1) is 0 Å². The van der Waals surface area contributed by atoms with Crippen LogP contribution in [0.5, 0.6) is 0 Å². The highest BCUT2D eigenvalue weighted by Gasteiger charge is 1.78. The van der Waals surface area contributed by atoms with E-state index in [0.717, 1.165) is 0 Å². The Balaban J connectivity index is 4.25. The third-order valence-corrected chi connectivity index (χ3v) is 0.788. The highest BCUT2D eigenvalue weighted by molar-refractivity contribution is 5.87. The number of carbonyl (C=O) groups is 1. The van der Waals surface area contributed by atoms with E-state index in [1.807, 2.05) is 0 Å². The van der Waals surface area contributed by atoms with Crippen LogP contribution in [0.3, 0.4) is 0 Å². The normalized spacial score (nSPS) is 4.50. The van der Waals surface area contributed by atoms with Crippen LogP contribution in [-0.4, -0.2) is 16.2 Å². The predicted octanol–water partition coefficient (Wildman–Crippen LogP) is -0.579. The molecule has 0 aliphatic heterocycles. The SMILES string of the molecule is O=C(O)C#CC#CC#CC#CC#CC#CO. The van der Waals surface area contributed by atoms with Crippen molar-refractivity contribution in [2.24, 2.45) is 0 Å². The number of carboxylic acids is 1. The summed E-state index contributed by atoms with van der Waals surface area (Å²) in [5, 5.41) is 16.1. The van der Waals surface area contributed by atoms with Crippen molar-refractivity contribution in [3.8, 4) is 71.2 Å². The van der Waals surface area contributed by atoms with Gasteiger partial charge in [0, 0.05) is 35.5 Å². The first-order valence-electron chi connectivity index (χ1n) is 3.65. The summed E-state index contributed by atoms with van der Waals surface area (Å²) in [4.78, 5) is 9.92. The third kappa shape index (κ3) is 10.6. The van der Waals surface area contributed by atoms with Crippen molar-refractivity contribution < 1.29 is 15.0 Å². The van der Waals surface area contributed by atoms with Gasteiger partial charge >= 0.3 is 5.97 Å². The van der Waals surface area contributed by atoms with Crippen LogP contribution in [-0.2, 0) is 4.79 Å². The van der Waals surface area contributed by atoms with Gasteiger partial charge in [0.2, 0.25) is 0 Å². The van der Waals surface area contributed by atoms with E-state index in [4.69, 9.17) is 10.2 Å². The van der Waals surface area contributed by atoms with Crippen LogP contribution >= 0.6 is 0 Å². The lowest BCUT2D eigenvalue weighted by atomic mass is 10.5. The second-order valence-electron chi connectivity index (χ2n) is 1.79. The van der Waals surface area contributed by atoms with Crippen molar-refractivity contribution in [3.05, 3.63) is 0 Å². The first-order chi connectivity index (χ1) is 7.77. The van der Waals surface area contributed by atoms with Crippen molar-refractivity contribution in [2.45, 2.75) is 0 Å². The lowest BCUT2D eigenvalue weighted by molar-refractivity contribution is -0.130. The van der Waals surface area contributed by atoms with E-state index in [9.17, 15) is 4.79 Å². The van der Waals surface area contributed by atoms with Crippen LogP contribution in [0.25, 0.3) is 0 Å². The summed E-state index contributed by atoms with van der Waals surface area (Å²) >= 11 is 0. The Morgan fingerprint density at radius 1 is 0.688 bits per heavy atom. The molecule has 0 unspecified atom stereocenters. The summed E-state index contributed by atoms with van der Waals surface area (Å²) in [5.74, 6) is 23.0. The van der Waals surface area contributed by atoms with E-state index in [1.165, 1.54) is 0 Å². The molecule has 0 aliphatic rings. The van der Waals surface area contributed by atoms with Gasteiger partial charge in [-0.1, -0.05) is 0 Å². The van der Waals surface area contributed by atoms with Gasteiger partial charge in [0.1, 0.15) is 6.11 Å². The fourth-order valence-corrected chi connectivity index (χ4v) is 0.363. The van der Waals surface area contributed by atoms with E-state index >= 15 is 0 Å². The fourth-order valence-electron chi connectivity index (χ4n) is 0.363.